The molecule has 0 aliphatic carbocycles. The first kappa shape index (κ1) is 24.3. The second-order valence-electron chi connectivity index (χ2n) is 8.92. The van der Waals surface area contributed by atoms with Crippen LogP contribution in [0.15, 0.2) is 36.4 Å². The summed E-state index contributed by atoms with van der Waals surface area (Å²) < 4.78 is 11.8. The highest BCUT2D eigenvalue weighted by molar-refractivity contribution is 5.86. The minimum absolute atomic E-state index is 0.0765. The molecule has 4 atom stereocenters. The van der Waals surface area contributed by atoms with Gasteiger partial charge in [-0.3, -0.25) is 4.79 Å². The van der Waals surface area contributed by atoms with E-state index >= 15 is 0 Å². The number of benzene rings is 2. The maximum absolute atomic E-state index is 13.3. The summed E-state index contributed by atoms with van der Waals surface area (Å²) in [6.07, 6.45) is 2.00. The van der Waals surface area contributed by atoms with Gasteiger partial charge >= 0.3 is 0 Å². The lowest BCUT2D eigenvalue weighted by Gasteiger charge is -2.31. The van der Waals surface area contributed by atoms with Crippen molar-refractivity contribution in [2.24, 2.45) is 5.92 Å². The highest BCUT2D eigenvalue weighted by Gasteiger charge is 2.55. The molecule has 2 aromatic carbocycles. The number of hydrogen-bond donors (Lipinski definition) is 4. The van der Waals surface area contributed by atoms with Crippen molar-refractivity contribution in [2.45, 2.75) is 51.7 Å². The first-order chi connectivity index (χ1) is 16.5. The van der Waals surface area contributed by atoms with Gasteiger partial charge in [-0.1, -0.05) is 37.1 Å². The second-order valence-corrected chi connectivity index (χ2v) is 8.92. The molecule has 0 spiro atoms. The number of amides is 1. The van der Waals surface area contributed by atoms with Crippen LogP contribution in [0.4, 0.5) is 0 Å². The Balaban J connectivity index is 1.74. The number of unbranched alkanes of at least 4 members (excludes halogenated alkanes) is 1. The Bertz CT molecular complexity index is 1010. The molecular weight excluding hydrogens is 434 g/mol. The largest absolute Gasteiger partial charge is 0.508 e. The predicted molar refractivity (Wildman–Crippen MR) is 129 cm³/mol. The van der Waals surface area contributed by atoms with Crippen molar-refractivity contribution in [3.8, 4) is 17.2 Å². The van der Waals surface area contributed by atoms with E-state index < -0.39 is 6.04 Å². The lowest BCUT2D eigenvalue weighted by molar-refractivity contribution is -0.131. The number of aliphatic hydroxyl groups is 1. The van der Waals surface area contributed by atoms with Crippen LogP contribution in [0.2, 0.25) is 0 Å². The number of phenolic OH excluding ortho intramolecular Hbond substituents is 1. The molecule has 2 heterocycles. The lowest BCUT2D eigenvalue weighted by atomic mass is 9.82. The number of fused-ring (bicyclic) bond motifs is 1. The van der Waals surface area contributed by atoms with Crippen LogP contribution < -0.4 is 20.3 Å². The maximum Gasteiger partial charge on any atom is 0.242 e. The van der Waals surface area contributed by atoms with Crippen LogP contribution in [0.3, 0.4) is 0 Å². The molecule has 2 fully saturated rings. The van der Waals surface area contributed by atoms with Gasteiger partial charge in [0, 0.05) is 18.0 Å². The number of phenols is 1. The van der Waals surface area contributed by atoms with Crippen LogP contribution in [0.25, 0.3) is 0 Å². The number of rotatable bonds is 10. The number of carbonyl (C=O) groups is 1. The quantitative estimate of drug-likeness (QED) is 0.397. The summed E-state index contributed by atoms with van der Waals surface area (Å²) in [4.78, 5) is 15.1. The summed E-state index contributed by atoms with van der Waals surface area (Å²) in [5, 5.41) is 20.3. The average Bonchev–Trinajstić information content (AvgIpc) is 3.36. The SMILES string of the molecule is CCCCOc1ccc(C2C3C(NNC3c3cc(C)ccc3O)C(=O)N2CCO)cc1OCC. The van der Waals surface area contributed by atoms with Crippen molar-refractivity contribution in [3.05, 3.63) is 53.1 Å². The van der Waals surface area contributed by atoms with E-state index in [0.29, 0.717) is 24.7 Å². The molecule has 4 N–H and O–H groups in total. The maximum atomic E-state index is 13.3. The Kier molecular flexibility index (Phi) is 7.60. The molecule has 4 unspecified atom stereocenters. The van der Waals surface area contributed by atoms with Crippen molar-refractivity contribution in [2.75, 3.05) is 26.4 Å². The van der Waals surface area contributed by atoms with E-state index in [4.69, 9.17) is 9.47 Å². The third kappa shape index (κ3) is 4.58. The molecule has 2 saturated heterocycles. The van der Waals surface area contributed by atoms with E-state index in [2.05, 4.69) is 17.8 Å². The number of ether oxygens (including phenoxy) is 2. The topological polar surface area (TPSA) is 103 Å². The Morgan fingerprint density at radius 3 is 2.56 bits per heavy atom. The van der Waals surface area contributed by atoms with E-state index in [1.807, 2.05) is 44.2 Å². The van der Waals surface area contributed by atoms with Crippen molar-refractivity contribution in [1.82, 2.24) is 15.8 Å². The van der Waals surface area contributed by atoms with Gasteiger partial charge in [-0.05, 0) is 44.0 Å². The fraction of sp³-hybridized carbons (Fsp3) is 0.500. The van der Waals surface area contributed by atoms with Gasteiger partial charge in [-0.15, -0.1) is 0 Å². The van der Waals surface area contributed by atoms with Crippen LogP contribution in [0, 0.1) is 12.8 Å². The number of β-amino-alcohol motifs (C(OH)–C–C–N with tert-alkyl or cyclic N) is 1. The first-order valence-electron chi connectivity index (χ1n) is 12.1. The van der Waals surface area contributed by atoms with Gasteiger partial charge in [0.2, 0.25) is 5.91 Å². The monoisotopic (exact) mass is 469 g/mol. The molecule has 2 aliphatic heterocycles. The van der Waals surface area contributed by atoms with E-state index in [0.717, 1.165) is 29.5 Å². The summed E-state index contributed by atoms with van der Waals surface area (Å²) in [6.45, 7) is 7.22. The van der Waals surface area contributed by atoms with E-state index in [9.17, 15) is 15.0 Å². The smallest absolute Gasteiger partial charge is 0.242 e. The molecule has 184 valence electrons. The van der Waals surface area contributed by atoms with Crippen LogP contribution in [0.5, 0.6) is 17.2 Å². The third-order valence-corrected chi connectivity index (χ3v) is 6.64. The molecule has 4 rings (SSSR count). The molecule has 1 amide bonds. The Hall–Kier alpha value is -2.81. The molecular formula is C26H35N3O5. The number of nitrogens with one attached hydrogen (secondary N) is 2. The summed E-state index contributed by atoms with van der Waals surface area (Å²) in [5.41, 5.74) is 9.07. The summed E-state index contributed by atoms with van der Waals surface area (Å²) >= 11 is 0. The highest BCUT2D eigenvalue weighted by Crippen LogP contribution is 2.49. The lowest BCUT2D eigenvalue weighted by Crippen LogP contribution is -2.42. The van der Waals surface area contributed by atoms with Crippen molar-refractivity contribution >= 4 is 5.91 Å². The molecule has 2 aromatic rings. The zero-order chi connectivity index (χ0) is 24.2. The average molecular weight is 470 g/mol. The minimum atomic E-state index is -0.475. The zero-order valence-electron chi connectivity index (χ0n) is 20.1. The number of aryl methyl sites for hydroxylation is 1. The fourth-order valence-corrected chi connectivity index (χ4v) is 5.07. The van der Waals surface area contributed by atoms with Crippen molar-refractivity contribution in [3.63, 3.8) is 0 Å². The summed E-state index contributed by atoms with van der Waals surface area (Å²) in [5.74, 6) is 1.24. The molecule has 8 heteroatoms. The predicted octanol–water partition coefficient (Wildman–Crippen LogP) is 2.99. The number of aliphatic hydroxyl groups excluding tert-OH is 1. The number of aromatic hydroxyl groups is 1. The van der Waals surface area contributed by atoms with Crippen LogP contribution >= 0.6 is 0 Å². The van der Waals surface area contributed by atoms with Gasteiger partial charge in [0.1, 0.15) is 11.8 Å². The normalized spacial score (nSPS) is 23.9. The van der Waals surface area contributed by atoms with Crippen molar-refractivity contribution < 1.29 is 24.5 Å². The van der Waals surface area contributed by atoms with Gasteiger partial charge in [0.15, 0.2) is 11.5 Å². The highest BCUT2D eigenvalue weighted by atomic mass is 16.5. The van der Waals surface area contributed by atoms with Crippen LogP contribution in [-0.2, 0) is 4.79 Å². The fourth-order valence-electron chi connectivity index (χ4n) is 5.07. The van der Waals surface area contributed by atoms with E-state index in [1.165, 1.54) is 0 Å². The van der Waals surface area contributed by atoms with E-state index in [-0.39, 0.29) is 42.8 Å². The van der Waals surface area contributed by atoms with E-state index in [1.54, 1.807) is 11.0 Å². The summed E-state index contributed by atoms with van der Waals surface area (Å²) in [6, 6.07) is 10.2. The third-order valence-electron chi connectivity index (χ3n) is 6.64. The molecule has 0 bridgehead atoms. The van der Waals surface area contributed by atoms with Crippen LogP contribution in [0.1, 0.15) is 55.5 Å². The van der Waals surface area contributed by atoms with Crippen molar-refractivity contribution in [1.29, 1.82) is 0 Å². The van der Waals surface area contributed by atoms with Gasteiger partial charge in [0.25, 0.3) is 0 Å². The standard InChI is InChI=1S/C26H35N3O5/c1-4-6-13-34-20-10-8-17(15-21(20)33-5-2)25-22-23(18-14-16(3)7-9-19(18)31)27-28-24(22)26(32)29(25)11-12-30/h7-10,14-15,22-25,27-28,30-31H,4-6,11-13H2,1-3H3. The van der Waals surface area contributed by atoms with Gasteiger partial charge < -0.3 is 24.6 Å². The molecule has 2 aliphatic rings. The van der Waals surface area contributed by atoms with Crippen LogP contribution in [-0.4, -0.2) is 53.4 Å². The zero-order valence-corrected chi connectivity index (χ0v) is 20.1. The summed E-state index contributed by atoms with van der Waals surface area (Å²) in [7, 11) is 0. The molecule has 8 nitrogen and oxygen atoms in total. The van der Waals surface area contributed by atoms with Gasteiger partial charge in [-0.25, -0.2) is 10.9 Å². The second kappa shape index (κ2) is 10.6. The number of nitrogens with zero attached hydrogens (tertiary/aromatic N) is 1. The van der Waals surface area contributed by atoms with Gasteiger partial charge in [-0.2, -0.15) is 0 Å². The Labute approximate surface area is 200 Å². The first-order valence-corrected chi connectivity index (χ1v) is 12.1. The number of carbonyl (C=O) groups excluding carboxylic acids is 1. The number of likely N-dealkylation sites (tertiary alicyclic amines) is 1. The molecule has 0 aromatic heterocycles. The number of hydrogen-bond acceptors (Lipinski definition) is 7. The Morgan fingerprint density at radius 2 is 1.82 bits per heavy atom. The molecule has 0 radical (unpaired) electrons. The molecule has 0 saturated carbocycles. The Morgan fingerprint density at radius 1 is 1.03 bits per heavy atom. The minimum Gasteiger partial charge on any atom is -0.508 e. The molecule has 34 heavy (non-hydrogen) atoms. The van der Waals surface area contributed by atoms with Gasteiger partial charge in [0.05, 0.1) is 31.9 Å². The number of hydrazine groups is 1.